The van der Waals surface area contributed by atoms with Crippen LogP contribution in [0, 0.1) is 19.9 Å². The van der Waals surface area contributed by atoms with Crippen LogP contribution < -0.4 is 4.74 Å². The molecule has 0 bridgehead atoms. The summed E-state index contributed by atoms with van der Waals surface area (Å²) in [7, 11) is 0. The Morgan fingerprint density at radius 2 is 1.69 bits per heavy atom. The number of hydrogen-bond acceptors (Lipinski definition) is 4. The molecule has 0 radical (unpaired) electrons. The quantitative estimate of drug-likeness (QED) is 0.323. The molecule has 2 heterocycles. The van der Waals surface area contributed by atoms with Crippen molar-refractivity contribution in [1.29, 1.82) is 0 Å². The zero-order valence-electron chi connectivity index (χ0n) is 16.0. The summed E-state index contributed by atoms with van der Waals surface area (Å²) in [5, 5.41) is 10.5. The second-order valence-electron chi connectivity index (χ2n) is 6.58. The maximum absolute atomic E-state index is 10.5. The minimum absolute atomic E-state index is 0. The number of phenols is 1. The molecule has 29 heavy (non-hydrogen) atoms. The number of hydrogen-bond donors (Lipinski definition) is 1. The van der Waals surface area contributed by atoms with Gasteiger partial charge in [0.2, 0.25) is 5.88 Å². The number of aryl methyl sites for hydroxylation is 2. The Kier molecular flexibility index (Phi) is 6.45. The summed E-state index contributed by atoms with van der Waals surface area (Å²) in [5.41, 5.74) is 4.91. The van der Waals surface area contributed by atoms with Crippen molar-refractivity contribution in [2.75, 3.05) is 0 Å². The molecule has 0 saturated heterocycles. The number of ether oxygens (including phenoxy) is 1. The molecule has 0 unspecified atom stereocenters. The predicted molar refractivity (Wildman–Crippen MR) is 109 cm³/mol. The molecule has 0 atom stereocenters. The van der Waals surface area contributed by atoms with Gasteiger partial charge in [-0.2, -0.15) is 0 Å². The fraction of sp³-hybridized carbons (Fsp3) is 0.0833. The third-order valence-corrected chi connectivity index (χ3v) is 4.37. The smallest absolute Gasteiger partial charge is 0.217 e. The summed E-state index contributed by atoms with van der Waals surface area (Å²) < 4.78 is 5.77. The van der Waals surface area contributed by atoms with Crippen molar-refractivity contribution in [2.45, 2.75) is 13.8 Å². The third kappa shape index (κ3) is 4.72. The van der Waals surface area contributed by atoms with E-state index < -0.39 is 0 Å². The summed E-state index contributed by atoms with van der Waals surface area (Å²) in [6, 6.07) is 24.0. The maximum atomic E-state index is 10.5. The summed E-state index contributed by atoms with van der Waals surface area (Å²) in [6.07, 6.45) is 1.68. The van der Waals surface area contributed by atoms with E-state index >= 15 is 0 Å². The summed E-state index contributed by atoms with van der Waals surface area (Å²) in [4.78, 5) is 8.91. The van der Waals surface area contributed by atoms with Crippen LogP contribution in [0.2, 0.25) is 0 Å². The molecule has 0 spiro atoms. The van der Waals surface area contributed by atoms with Crippen LogP contribution in [0.25, 0.3) is 22.5 Å². The van der Waals surface area contributed by atoms with E-state index in [0.29, 0.717) is 17.3 Å². The molecule has 0 aliphatic carbocycles. The fourth-order valence-corrected chi connectivity index (χ4v) is 3.07. The second kappa shape index (κ2) is 9.02. The van der Waals surface area contributed by atoms with Crippen LogP contribution in [-0.4, -0.2) is 15.1 Å². The Morgan fingerprint density at radius 3 is 2.48 bits per heavy atom. The van der Waals surface area contributed by atoms with Crippen LogP contribution >= 0.6 is 0 Å². The van der Waals surface area contributed by atoms with Gasteiger partial charge in [0, 0.05) is 44.6 Å². The molecule has 4 nitrogen and oxygen atoms in total. The second-order valence-corrected chi connectivity index (χ2v) is 6.58. The Labute approximate surface area is 184 Å². The third-order valence-electron chi connectivity index (χ3n) is 4.37. The van der Waals surface area contributed by atoms with Crippen molar-refractivity contribution in [1.82, 2.24) is 9.97 Å². The Bertz CT molecular complexity index is 1130. The number of rotatable bonds is 4. The first-order valence-electron chi connectivity index (χ1n) is 8.99. The summed E-state index contributed by atoms with van der Waals surface area (Å²) in [5.74, 6) is 1.34. The number of nitrogens with zero attached hydrogens (tertiary/aromatic N) is 2. The van der Waals surface area contributed by atoms with Gasteiger partial charge in [0.1, 0.15) is 5.75 Å². The van der Waals surface area contributed by atoms with Gasteiger partial charge in [-0.25, -0.2) is 4.98 Å². The van der Waals surface area contributed by atoms with Crippen molar-refractivity contribution in [3.05, 3.63) is 90.1 Å². The molecule has 0 amide bonds. The SMILES string of the molecule is Cc1cc(C)c(O)c(-c2cccc(-c3[c-]c(Oc4ccccn4)ccc3)n2)c1.[Pt]. The molecule has 0 saturated carbocycles. The first kappa shape index (κ1) is 20.8. The average Bonchev–Trinajstić information content (AvgIpc) is 2.72. The van der Waals surface area contributed by atoms with Crippen LogP contribution in [0.15, 0.2) is 72.9 Å². The van der Waals surface area contributed by atoms with E-state index in [1.807, 2.05) is 74.5 Å². The van der Waals surface area contributed by atoms with Crippen molar-refractivity contribution in [2.24, 2.45) is 0 Å². The monoisotopic (exact) mass is 562 g/mol. The Balaban J connectivity index is 0.00000240. The van der Waals surface area contributed by atoms with Crippen molar-refractivity contribution in [3.8, 4) is 39.9 Å². The molecular weight excluding hydrogens is 543 g/mol. The van der Waals surface area contributed by atoms with Gasteiger partial charge in [-0.1, -0.05) is 30.3 Å². The molecular formula is C24H19N2O2Pt-. The van der Waals surface area contributed by atoms with Gasteiger partial charge in [0.05, 0.1) is 5.69 Å². The molecule has 4 aromatic rings. The van der Waals surface area contributed by atoms with Crippen LogP contribution in [-0.2, 0) is 21.1 Å². The number of aromatic nitrogens is 2. The van der Waals surface area contributed by atoms with Crippen LogP contribution in [0.1, 0.15) is 11.1 Å². The Morgan fingerprint density at radius 1 is 0.897 bits per heavy atom. The molecule has 0 fully saturated rings. The molecule has 1 N–H and O–H groups in total. The van der Waals surface area contributed by atoms with Crippen LogP contribution in [0.4, 0.5) is 0 Å². The van der Waals surface area contributed by atoms with E-state index in [-0.39, 0.29) is 26.8 Å². The molecule has 0 aliphatic heterocycles. The zero-order chi connectivity index (χ0) is 19.5. The molecule has 0 aliphatic rings. The topological polar surface area (TPSA) is 55.2 Å². The number of phenolic OH excluding ortho intramolecular Hbond substituents is 1. The van der Waals surface area contributed by atoms with E-state index in [9.17, 15) is 5.11 Å². The van der Waals surface area contributed by atoms with Crippen molar-refractivity contribution < 1.29 is 30.9 Å². The van der Waals surface area contributed by atoms with Gasteiger partial charge in [-0.05, 0) is 48.9 Å². The van der Waals surface area contributed by atoms with E-state index in [4.69, 9.17) is 9.72 Å². The van der Waals surface area contributed by atoms with Gasteiger partial charge in [-0.3, -0.25) is 4.98 Å². The van der Waals surface area contributed by atoms with Crippen LogP contribution in [0.3, 0.4) is 0 Å². The summed E-state index contributed by atoms with van der Waals surface area (Å²) >= 11 is 0. The first-order valence-corrected chi connectivity index (χ1v) is 8.99. The number of benzene rings is 2. The van der Waals surface area contributed by atoms with Gasteiger partial charge in [0.25, 0.3) is 0 Å². The number of pyridine rings is 2. The molecule has 5 heteroatoms. The molecule has 2 aromatic carbocycles. The van der Waals surface area contributed by atoms with E-state index in [1.54, 1.807) is 12.3 Å². The maximum Gasteiger partial charge on any atom is 0.217 e. The van der Waals surface area contributed by atoms with E-state index in [2.05, 4.69) is 11.1 Å². The minimum atomic E-state index is 0. The fourth-order valence-electron chi connectivity index (χ4n) is 3.07. The van der Waals surface area contributed by atoms with Gasteiger partial charge in [-0.15, -0.1) is 23.8 Å². The van der Waals surface area contributed by atoms with E-state index in [0.717, 1.165) is 27.9 Å². The summed E-state index contributed by atoms with van der Waals surface area (Å²) in [6.45, 7) is 3.90. The van der Waals surface area contributed by atoms with Gasteiger partial charge in [0.15, 0.2) is 0 Å². The zero-order valence-corrected chi connectivity index (χ0v) is 18.3. The predicted octanol–water partition coefficient (Wildman–Crippen LogP) is 5.72. The van der Waals surface area contributed by atoms with E-state index in [1.165, 1.54) is 0 Å². The molecule has 148 valence electrons. The van der Waals surface area contributed by atoms with Gasteiger partial charge >= 0.3 is 0 Å². The van der Waals surface area contributed by atoms with Gasteiger partial charge < -0.3 is 9.84 Å². The largest absolute Gasteiger partial charge is 0.507 e. The number of aromatic hydroxyl groups is 1. The van der Waals surface area contributed by atoms with Crippen LogP contribution in [0.5, 0.6) is 17.4 Å². The van der Waals surface area contributed by atoms with Crippen molar-refractivity contribution >= 4 is 0 Å². The normalized spacial score (nSPS) is 10.3. The molecule has 4 rings (SSSR count). The minimum Gasteiger partial charge on any atom is -0.507 e. The first-order chi connectivity index (χ1) is 13.6. The van der Waals surface area contributed by atoms with Crippen molar-refractivity contribution in [3.63, 3.8) is 0 Å². The Hall–Kier alpha value is -2.97. The standard InChI is InChI=1S/C24H19N2O2.Pt/c1-16-13-17(2)24(27)20(14-16)22-10-6-9-21(26-22)18-7-5-8-19(15-18)28-23-11-3-4-12-25-23;/h3-14,27H,1-2H3;/q-1;. The molecule has 2 aromatic heterocycles. The average molecular weight is 563 g/mol.